The number of nitriles is 1. The number of halogens is 1. The fourth-order valence-electron chi connectivity index (χ4n) is 3.09. The van der Waals surface area contributed by atoms with E-state index in [0.29, 0.717) is 24.3 Å². The molecule has 1 saturated heterocycles. The number of sulfonamides is 1. The Balaban J connectivity index is 1.74. The van der Waals surface area contributed by atoms with Gasteiger partial charge in [0.15, 0.2) is 0 Å². The molecule has 0 spiro atoms. The van der Waals surface area contributed by atoms with Crippen LogP contribution in [0, 0.1) is 31.0 Å². The topological polar surface area (TPSA) is 99.3 Å². The standard InChI is InChI=1S/C18H20FN5O3S/c1-13-14(2)21-24(18(25)15(13)11-20)12-22-7-9-23(10-8-22)28(26,27)17-6-4-3-5-16(17)19/h3-6H,7-10,12H2,1-2H3. The predicted octanol–water partition coefficient (Wildman–Crippen LogP) is 0.835. The number of hydrogen-bond donors (Lipinski definition) is 0. The summed E-state index contributed by atoms with van der Waals surface area (Å²) in [5.41, 5.74) is 0.752. The Hall–Kier alpha value is -2.61. The molecule has 28 heavy (non-hydrogen) atoms. The van der Waals surface area contributed by atoms with Gasteiger partial charge in [-0.05, 0) is 31.5 Å². The summed E-state index contributed by atoms with van der Waals surface area (Å²) in [7, 11) is -3.92. The monoisotopic (exact) mass is 405 g/mol. The minimum absolute atomic E-state index is 0.0632. The molecule has 0 radical (unpaired) electrons. The summed E-state index contributed by atoms with van der Waals surface area (Å²) in [5.74, 6) is -0.778. The lowest BCUT2D eigenvalue weighted by Gasteiger charge is -2.33. The quantitative estimate of drug-likeness (QED) is 0.747. The summed E-state index contributed by atoms with van der Waals surface area (Å²) in [6.45, 7) is 4.61. The molecule has 0 unspecified atom stereocenters. The van der Waals surface area contributed by atoms with Crippen molar-refractivity contribution in [3.05, 3.63) is 57.3 Å². The summed E-state index contributed by atoms with van der Waals surface area (Å²) >= 11 is 0. The molecule has 2 aromatic rings. The highest BCUT2D eigenvalue weighted by atomic mass is 32.2. The molecule has 8 nitrogen and oxygen atoms in total. The molecular weight excluding hydrogens is 385 g/mol. The molecule has 0 atom stereocenters. The van der Waals surface area contributed by atoms with Gasteiger partial charge in [-0.2, -0.15) is 14.7 Å². The lowest BCUT2D eigenvalue weighted by molar-refractivity contribution is 0.142. The van der Waals surface area contributed by atoms with Crippen LogP contribution in [0.4, 0.5) is 4.39 Å². The van der Waals surface area contributed by atoms with Gasteiger partial charge >= 0.3 is 0 Å². The maximum absolute atomic E-state index is 13.9. The van der Waals surface area contributed by atoms with Crippen LogP contribution >= 0.6 is 0 Å². The Bertz CT molecular complexity index is 1100. The van der Waals surface area contributed by atoms with Gasteiger partial charge in [-0.3, -0.25) is 9.69 Å². The minimum atomic E-state index is -3.92. The molecular formula is C18H20FN5O3S. The van der Waals surface area contributed by atoms with Gasteiger partial charge in [-0.1, -0.05) is 12.1 Å². The van der Waals surface area contributed by atoms with E-state index >= 15 is 0 Å². The second-order valence-corrected chi connectivity index (χ2v) is 8.50. The number of nitrogens with zero attached hydrogens (tertiary/aromatic N) is 5. The Morgan fingerprint density at radius 3 is 2.43 bits per heavy atom. The van der Waals surface area contributed by atoms with Crippen LogP contribution in [0.2, 0.25) is 0 Å². The first-order valence-electron chi connectivity index (χ1n) is 8.71. The molecule has 0 aliphatic carbocycles. The smallest absolute Gasteiger partial charge is 0.282 e. The van der Waals surface area contributed by atoms with E-state index in [1.54, 1.807) is 13.8 Å². The molecule has 148 valence electrons. The van der Waals surface area contributed by atoms with Crippen LogP contribution in [-0.2, 0) is 16.7 Å². The first-order chi connectivity index (χ1) is 13.3. The zero-order valence-electron chi connectivity index (χ0n) is 15.6. The maximum atomic E-state index is 13.9. The zero-order valence-corrected chi connectivity index (χ0v) is 16.4. The minimum Gasteiger partial charge on any atom is -0.282 e. The Morgan fingerprint density at radius 2 is 1.82 bits per heavy atom. The van der Waals surface area contributed by atoms with Gasteiger partial charge in [-0.15, -0.1) is 0 Å². The molecule has 0 amide bonds. The van der Waals surface area contributed by atoms with Gasteiger partial charge in [0.1, 0.15) is 22.3 Å². The molecule has 2 heterocycles. The normalized spacial score (nSPS) is 16.1. The molecule has 10 heteroatoms. The third kappa shape index (κ3) is 3.69. The van der Waals surface area contributed by atoms with Crippen LogP contribution in [0.5, 0.6) is 0 Å². The molecule has 1 aromatic carbocycles. The number of hydrogen-bond acceptors (Lipinski definition) is 6. The molecule has 0 bridgehead atoms. The van der Waals surface area contributed by atoms with Crippen molar-refractivity contribution in [3.8, 4) is 6.07 Å². The maximum Gasteiger partial charge on any atom is 0.286 e. The Labute approximate surface area is 162 Å². The van der Waals surface area contributed by atoms with Crippen molar-refractivity contribution in [1.82, 2.24) is 19.0 Å². The van der Waals surface area contributed by atoms with Crippen LogP contribution in [0.3, 0.4) is 0 Å². The number of aryl methyl sites for hydroxylation is 1. The molecule has 3 rings (SSSR count). The number of rotatable bonds is 4. The number of piperazine rings is 1. The van der Waals surface area contributed by atoms with Crippen molar-refractivity contribution in [2.24, 2.45) is 0 Å². The third-order valence-corrected chi connectivity index (χ3v) is 6.80. The van der Waals surface area contributed by atoms with Gasteiger partial charge in [0.05, 0.1) is 12.4 Å². The van der Waals surface area contributed by atoms with Crippen molar-refractivity contribution in [2.75, 3.05) is 26.2 Å². The van der Waals surface area contributed by atoms with E-state index in [1.165, 1.54) is 27.2 Å². The Morgan fingerprint density at radius 1 is 1.18 bits per heavy atom. The van der Waals surface area contributed by atoms with Crippen LogP contribution in [0.25, 0.3) is 0 Å². The summed E-state index contributed by atoms with van der Waals surface area (Å²) in [4.78, 5) is 13.9. The number of benzene rings is 1. The van der Waals surface area contributed by atoms with Crippen LogP contribution in [0.15, 0.2) is 34.0 Å². The fraction of sp³-hybridized carbons (Fsp3) is 0.389. The van der Waals surface area contributed by atoms with Crippen LogP contribution in [0.1, 0.15) is 16.8 Å². The number of aromatic nitrogens is 2. The average Bonchev–Trinajstić information content (AvgIpc) is 2.67. The molecule has 1 aliphatic heterocycles. The SMILES string of the molecule is Cc1nn(CN2CCN(S(=O)(=O)c3ccccc3F)CC2)c(=O)c(C#N)c1C. The third-order valence-electron chi connectivity index (χ3n) is 4.87. The van der Waals surface area contributed by atoms with E-state index in [2.05, 4.69) is 5.10 Å². The summed E-state index contributed by atoms with van der Waals surface area (Å²) < 4.78 is 41.7. The first kappa shape index (κ1) is 20.1. The van der Waals surface area contributed by atoms with Crippen LogP contribution < -0.4 is 5.56 Å². The van der Waals surface area contributed by atoms with E-state index in [4.69, 9.17) is 0 Å². The van der Waals surface area contributed by atoms with E-state index < -0.39 is 21.4 Å². The second kappa shape index (κ2) is 7.79. The second-order valence-electron chi connectivity index (χ2n) is 6.60. The first-order valence-corrected chi connectivity index (χ1v) is 10.1. The van der Waals surface area contributed by atoms with Crippen LogP contribution in [-0.4, -0.2) is 53.6 Å². The van der Waals surface area contributed by atoms with E-state index in [-0.39, 0.29) is 30.2 Å². The van der Waals surface area contributed by atoms with Crippen molar-refractivity contribution in [3.63, 3.8) is 0 Å². The highest BCUT2D eigenvalue weighted by molar-refractivity contribution is 7.89. The highest BCUT2D eigenvalue weighted by Gasteiger charge is 2.30. The van der Waals surface area contributed by atoms with Gasteiger partial charge < -0.3 is 0 Å². The Kier molecular flexibility index (Phi) is 5.60. The fourth-order valence-corrected chi connectivity index (χ4v) is 4.58. The molecule has 0 N–H and O–H groups in total. The van der Waals surface area contributed by atoms with Crippen molar-refractivity contribution >= 4 is 10.0 Å². The average molecular weight is 405 g/mol. The molecule has 1 aromatic heterocycles. The lowest BCUT2D eigenvalue weighted by Crippen LogP contribution is -2.50. The van der Waals surface area contributed by atoms with E-state index in [9.17, 15) is 22.9 Å². The summed E-state index contributed by atoms with van der Waals surface area (Å²) in [6.07, 6.45) is 0. The summed E-state index contributed by atoms with van der Waals surface area (Å²) in [5, 5.41) is 13.4. The lowest BCUT2D eigenvalue weighted by atomic mass is 10.1. The summed E-state index contributed by atoms with van der Waals surface area (Å²) in [6, 6.07) is 7.21. The van der Waals surface area contributed by atoms with Gasteiger partial charge in [0.25, 0.3) is 5.56 Å². The van der Waals surface area contributed by atoms with Gasteiger partial charge in [0.2, 0.25) is 10.0 Å². The largest absolute Gasteiger partial charge is 0.286 e. The van der Waals surface area contributed by atoms with Crippen molar-refractivity contribution in [1.29, 1.82) is 5.26 Å². The van der Waals surface area contributed by atoms with E-state index in [1.807, 2.05) is 11.0 Å². The van der Waals surface area contributed by atoms with Crippen molar-refractivity contribution in [2.45, 2.75) is 25.4 Å². The predicted molar refractivity (Wildman–Crippen MR) is 99.4 cm³/mol. The molecule has 0 saturated carbocycles. The molecule has 1 aliphatic rings. The van der Waals surface area contributed by atoms with Gasteiger partial charge in [-0.25, -0.2) is 17.5 Å². The van der Waals surface area contributed by atoms with Gasteiger partial charge in [0, 0.05) is 26.2 Å². The van der Waals surface area contributed by atoms with Crippen molar-refractivity contribution < 1.29 is 12.8 Å². The zero-order chi connectivity index (χ0) is 20.5. The van der Waals surface area contributed by atoms with E-state index in [0.717, 1.165) is 6.07 Å². The highest BCUT2D eigenvalue weighted by Crippen LogP contribution is 2.20. The molecule has 1 fully saturated rings.